The second-order valence-corrected chi connectivity index (χ2v) is 10.0. The van der Waals surface area contributed by atoms with E-state index in [-0.39, 0.29) is 22.3 Å². The third-order valence-electron chi connectivity index (χ3n) is 5.65. The monoisotopic (exact) mass is 379 g/mol. The maximum atomic E-state index is 12.8. The number of likely N-dealkylation sites (tertiary alicyclic amines) is 1. The van der Waals surface area contributed by atoms with Crippen LogP contribution >= 0.6 is 0 Å². The molecule has 1 aromatic rings. The Morgan fingerprint density at radius 3 is 2.27 bits per heavy atom. The zero-order valence-corrected chi connectivity index (χ0v) is 16.5. The van der Waals surface area contributed by atoms with Gasteiger partial charge in [-0.05, 0) is 48.9 Å². The van der Waals surface area contributed by atoms with Crippen molar-refractivity contribution in [1.82, 2.24) is 9.21 Å². The van der Waals surface area contributed by atoms with E-state index in [1.165, 1.54) is 0 Å². The molecule has 26 heavy (non-hydrogen) atoms. The summed E-state index contributed by atoms with van der Waals surface area (Å²) in [6.45, 7) is 6.55. The smallest absolute Gasteiger partial charge is 0.253 e. The van der Waals surface area contributed by atoms with Crippen molar-refractivity contribution in [2.45, 2.75) is 50.5 Å². The average molecular weight is 380 g/mol. The minimum Gasteiger partial charge on any atom is -0.338 e. The number of rotatable bonds is 3. The molecule has 1 atom stereocenters. The van der Waals surface area contributed by atoms with Gasteiger partial charge in [-0.15, -0.1) is 0 Å². The topological polar surface area (TPSA) is 83.7 Å². The first-order valence-electron chi connectivity index (χ1n) is 9.37. The van der Waals surface area contributed by atoms with Crippen LogP contribution in [0.4, 0.5) is 0 Å². The molecule has 2 saturated heterocycles. The van der Waals surface area contributed by atoms with Crippen LogP contribution < -0.4 is 5.73 Å². The summed E-state index contributed by atoms with van der Waals surface area (Å²) in [6.07, 6.45) is 3.67. The summed E-state index contributed by atoms with van der Waals surface area (Å²) < 4.78 is 27.0. The van der Waals surface area contributed by atoms with Crippen molar-refractivity contribution in [3.05, 3.63) is 29.8 Å². The van der Waals surface area contributed by atoms with Crippen molar-refractivity contribution in [2.24, 2.45) is 11.1 Å². The largest absolute Gasteiger partial charge is 0.338 e. The molecule has 2 aliphatic heterocycles. The van der Waals surface area contributed by atoms with Crippen LogP contribution in [0.2, 0.25) is 0 Å². The van der Waals surface area contributed by atoms with Crippen molar-refractivity contribution in [3.63, 3.8) is 0 Å². The van der Waals surface area contributed by atoms with E-state index in [0.29, 0.717) is 31.7 Å². The number of benzene rings is 1. The molecule has 1 aromatic carbocycles. The molecule has 0 saturated carbocycles. The summed E-state index contributed by atoms with van der Waals surface area (Å²) in [5.41, 5.74) is 6.55. The maximum Gasteiger partial charge on any atom is 0.253 e. The van der Waals surface area contributed by atoms with E-state index in [0.717, 1.165) is 25.7 Å². The first-order valence-corrected chi connectivity index (χ1v) is 10.8. The molecule has 2 fully saturated rings. The Bertz CT molecular complexity index is 753. The van der Waals surface area contributed by atoms with Gasteiger partial charge in [0, 0.05) is 37.8 Å². The lowest BCUT2D eigenvalue weighted by Gasteiger charge is -2.42. The Morgan fingerprint density at radius 1 is 1.08 bits per heavy atom. The second-order valence-electron chi connectivity index (χ2n) is 8.10. The number of amides is 1. The van der Waals surface area contributed by atoms with Gasteiger partial charge in [0.15, 0.2) is 0 Å². The normalized spacial score (nSPS) is 24.4. The molecular weight excluding hydrogens is 350 g/mol. The standard InChI is InChI=1S/C19H29N3O3S/c1-19(2)14-21(13-10-17(19)20)18(23)15-6-8-16(9-7-15)26(24,25)22-11-4-3-5-12-22/h6-9,17H,3-5,10-14,20H2,1-2H3. The second kappa shape index (κ2) is 7.29. The first-order chi connectivity index (χ1) is 12.2. The highest BCUT2D eigenvalue weighted by atomic mass is 32.2. The minimum absolute atomic E-state index is 0.0631. The molecule has 2 aliphatic rings. The SMILES string of the molecule is CC1(C)CN(C(=O)c2ccc(S(=O)(=O)N3CCCCC3)cc2)CCC1N. The fraction of sp³-hybridized carbons (Fsp3) is 0.632. The molecule has 3 rings (SSSR count). The van der Waals surface area contributed by atoms with Crippen molar-refractivity contribution in [1.29, 1.82) is 0 Å². The van der Waals surface area contributed by atoms with Crippen molar-refractivity contribution in [2.75, 3.05) is 26.2 Å². The van der Waals surface area contributed by atoms with Gasteiger partial charge in [-0.3, -0.25) is 4.79 Å². The lowest BCUT2D eigenvalue weighted by atomic mass is 9.79. The van der Waals surface area contributed by atoms with Gasteiger partial charge >= 0.3 is 0 Å². The van der Waals surface area contributed by atoms with Crippen molar-refractivity contribution in [3.8, 4) is 0 Å². The zero-order chi connectivity index (χ0) is 18.9. The molecule has 1 amide bonds. The van der Waals surface area contributed by atoms with Crippen LogP contribution in [0.5, 0.6) is 0 Å². The Morgan fingerprint density at radius 2 is 1.69 bits per heavy atom. The van der Waals surface area contributed by atoms with E-state index in [9.17, 15) is 13.2 Å². The third kappa shape index (κ3) is 3.80. The average Bonchev–Trinajstić information content (AvgIpc) is 2.64. The molecular formula is C19H29N3O3S. The van der Waals surface area contributed by atoms with Crippen molar-refractivity contribution >= 4 is 15.9 Å². The van der Waals surface area contributed by atoms with Gasteiger partial charge in [0.2, 0.25) is 10.0 Å². The molecule has 0 spiro atoms. The molecule has 6 nitrogen and oxygen atoms in total. The van der Waals surface area contributed by atoms with E-state index in [1.54, 1.807) is 28.6 Å². The quantitative estimate of drug-likeness (QED) is 0.871. The molecule has 144 valence electrons. The summed E-state index contributed by atoms with van der Waals surface area (Å²) >= 11 is 0. The Hall–Kier alpha value is -1.44. The van der Waals surface area contributed by atoms with Gasteiger partial charge in [0.1, 0.15) is 0 Å². The lowest BCUT2D eigenvalue weighted by Crippen LogP contribution is -2.54. The van der Waals surface area contributed by atoms with Crippen LogP contribution in [0, 0.1) is 5.41 Å². The van der Waals surface area contributed by atoms with E-state index in [4.69, 9.17) is 5.73 Å². The number of nitrogens with two attached hydrogens (primary N) is 1. The number of carbonyl (C=O) groups is 1. The molecule has 7 heteroatoms. The maximum absolute atomic E-state index is 12.8. The summed E-state index contributed by atoms with van der Waals surface area (Å²) in [7, 11) is -3.46. The molecule has 0 aromatic heterocycles. The summed E-state index contributed by atoms with van der Waals surface area (Å²) in [5.74, 6) is -0.0631. The van der Waals surface area contributed by atoms with Gasteiger partial charge in [0.25, 0.3) is 5.91 Å². The van der Waals surface area contributed by atoms with Gasteiger partial charge in [0.05, 0.1) is 4.90 Å². The zero-order valence-electron chi connectivity index (χ0n) is 15.6. The van der Waals surface area contributed by atoms with E-state index < -0.39 is 10.0 Å². The van der Waals surface area contributed by atoms with Crippen LogP contribution in [0.15, 0.2) is 29.2 Å². The van der Waals surface area contributed by atoms with E-state index >= 15 is 0 Å². The minimum atomic E-state index is -3.46. The summed E-state index contributed by atoms with van der Waals surface area (Å²) in [6, 6.07) is 6.45. The number of carbonyl (C=O) groups excluding carboxylic acids is 1. The fourth-order valence-electron chi connectivity index (χ4n) is 3.75. The van der Waals surface area contributed by atoms with Crippen LogP contribution in [0.25, 0.3) is 0 Å². The number of hydrogen-bond donors (Lipinski definition) is 1. The third-order valence-corrected chi connectivity index (χ3v) is 7.57. The lowest BCUT2D eigenvalue weighted by molar-refractivity contribution is 0.0533. The Kier molecular flexibility index (Phi) is 5.42. The van der Waals surface area contributed by atoms with Crippen LogP contribution in [0.1, 0.15) is 49.9 Å². The Balaban J connectivity index is 1.74. The number of piperidine rings is 2. The Labute approximate surface area is 156 Å². The van der Waals surface area contributed by atoms with Gasteiger partial charge < -0.3 is 10.6 Å². The first kappa shape index (κ1) is 19.3. The van der Waals surface area contributed by atoms with Crippen molar-refractivity contribution < 1.29 is 13.2 Å². The predicted molar refractivity (Wildman–Crippen MR) is 101 cm³/mol. The van der Waals surface area contributed by atoms with Gasteiger partial charge in [-0.1, -0.05) is 20.3 Å². The van der Waals surface area contributed by atoms with Crippen LogP contribution in [0.3, 0.4) is 0 Å². The highest BCUT2D eigenvalue weighted by molar-refractivity contribution is 7.89. The highest BCUT2D eigenvalue weighted by Gasteiger charge is 2.35. The predicted octanol–water partition coefficient (Wildman–Crippen LogP) is 2.06. The molecule has 2 heterocycles. The van der Waals surface area contributed by atoms with Crippen LogP contribution in [-0.4, -0.2) is 55.8 Å². The highest BCUT2D eigenvalue weighted by Crippen LogP contribution is 2.29. The molecule has 1 unspecified atom stereocenters. The van der Waals surface area contributed by atoms with Gasteiger partial charge in [-0.2, -0.15) is 4.31 Å². The number of nitrogens with zero attached hydrogens (tertiary/aromatic N) is 2. The van der Waals surface area contributed by atoms with Crippen LogP contribution in [-0.2, 0) is 10.0 Å². The molecule has 2 N–H and O–H groups in total. The van der Waals surface area contributed by atoms with E-state index in [1.807, 2.05) is 4.90 Å². The molecule has 0 aliphatic carbocycles. The van der Waals surface area contributed by atoms with Gasteiger partial charge in [-0.25, -0.2) is 8.42 Å². The number of sulfonamides is 1. The fourth-order valence-corrected chi connectivity index (χ4v) is 5.27. The number of hydrogen-bond acceptors (Lipinski definition) is 4. The summed E-state index contributed by atoms with van der Waals surface area (Å²) in [5, 5.41) is 0. The molecule has 0 radical (unpaired) electrons. The molecule has 0 bridgehead atoms. The summed E-state index contributed by atoms with van der Waals surface area (Å²) in [4.78, 5) is 14.9. The van der Waals surface area contributed by atoms with E-state index in [2.05, 4.69) is 13.8 Å².